The summed E-state index contributed by atoms with van der Waals surface area (Å²) in [5, 5.41) is 21.4. The molecule has 3 nitrogen and oxygen atoms in total. The van der Waals surface area contributed by atoms with E-state index in [1.807, 2.05) is 0 Å². The van der Waals surface area contributed by atoms with Crippen LogP contribution in [0.15, 0.2) is 0 Å². The molecule has 0 bridgehead atoms. The van der Waals surface area contributed by atoms with Gasteiger partial charge in [-0.3, -0.25) is 5.32 Å². The fourth-order valence-corrected chi connectivity index (χ4v) is 0.674. The third-order valence-corrected chi connectivity index (χ3v) is 1.29. The monoisotopic (exact) mass is 161 g/mol. The molecule has 0 rings (SSSR count). The molecule has 3 heteroatoms. The van der Waals surface area contributed by atoms with E-state index in [0.717, 1.165) is 0 Å². The molecule has 11 heavy (non-hydrogen) atoms. The predicted molar refractivity (Wildman–Crippen MR) is 45.2 cm³/mol. The summed E-state index contributed by atoms with van der Waals surface area (Å²) in [6, 6.07) is 0. The van der Waals surface area contributed by atoms with Crippen molar-refractivity contribution in [1.29, 1.82) is 0 Å². The lowest BCUT2D eigenvalue weighted by Crippen LogP contribution is -2.41. The fraction of sp³-hybridized carbons (Fsp3) is 1.00. The van der Waals surface area contributed by atoms with Crippen molar-refractivity contribution in [2.45, 2.75) is 45.4 Å². The first kappa shape index (κ1) is 10.9. The minimum Gasteiger partial charge on any atom is -0.390 e. The van der Waals surface area contributed by atoms with Gasteiger partial charge < -0.3 is 10.2 Å². The Morgan fingerprint density at radius 1 is 1.09 bits per heavy atom. The SMILES string of the molecule is CC(C)(O)CCNC(C)(C)O. The molecular formula is C8H19NO2. The predicted octanol–water partition coefficient (Wildman–Crippen LogP) is 0.465. The van der Waals surface area contributed by atoms with Crippen LogP contribution in [0.2, 0.25) is 0 Å². The van der Waals surface area contributed by atoms with Crippen LogP contribution in [0.4, 0.5) is 0 Å². The minimum absolute atomic E-state index is 0.618. The lowest BCUT2D eigenvalue weighted by Gasteiger charge is -2.22. The molecule has 0 atom stereocenters. The number of hydrogen-bond donors (Lipinski definition) is 3. The van der Waals surface area contributed by atoms with Crippen molar-refractivity contribution < 1.29 is 10.2 Å². The van der Waals surface area contributed by atoms with E-state index in [1.54, 1.807) is 27.7 Å². The van der Waals surface area contributed by atoms with E-state index in [2.05, 4.69) is 5.32 Å². The van der Waals surface area contributed by atoms with Crippen molar-refractivity contribution in [3.63, 3.8) is 0 Å². The van der Waals surface area contributed by atoms with Gasteiger partial charge in [-0.2, -0.15) is 0 Å². The molecule has 0 heterocycles. The number of hydrogen-bond acceptors (Lipinski definition) is 3. The normalized spacial score (nSPS) is 13.6. The molecule has 3 N–H and O–H groups in total. The quantitative estimate of drug-likeness (QED) is 0.525. The third-order valence-electron chi connectivity index (χ3n) is 1.29. The zero-order chi connectivity index (χ0) is 9.12. The molecule has 0 amide bonds. The zero-order valence-electron chi connectivity index (χ0n) is 7.81. The van der Waals surface area contributed by atoms with Crippen molar-refractivity contribution in [1.82, 2.24) is 5.32 Å². The Labute approximate surface area is 68.4 Å². The molecule has 0 radical (unpaired) electrons. The van der Waals surface area contributed by atoms with Gasteiger partial charge in [0.2, 0.25) is 0 Å². The topological polar surface area (TPSA) is 52.5 Å². The highest BCUT2D eigenvalue weighted by Crippen LogP contribution is 2.06. The van der Waals surface area contributed by atoms with Gasteiger partial charge in [-0.05, 0) is 34.1 Å². The molecule has 0 unspecified atom stereocenters. The molecule has 0 aliphatic heterocycles. The fourth-order valence-electron chi connectivity index (χ4n) is 0.674. The summed E-state index contributed by atoms with van der Waals surface area (Å²) in [5.74, 6) is 0. The van der Waals surface area contributed by atoms with Crippen LogP contribution in [-0.4, -0.2) is 28.1 Å². The highest BCUT2D eigenvalue weighted by atomic mass is 16.3. The van der Waals surface area contributed by atoms with Crippen molar-refractivity contribution in [3.8, 4) is 0 Å². The third kappa shape index (κ3) is 9.88. The number of aliphatic hydroxyl groups is 2. The molecule has 0 aromatic heterocycles. The molecule has 68 valence electrons. The lowest BCUT2D eigenvalue weighted by molar-refractivity contribution is 0.0268. The van der Waals surface area contributed by atoms with Crippen LogP contribution in [0.25, 0.3) is 0 Å². The Hall–Kier alpha value is -0.120. The Morgan fingerprint density at radius 2 is 1.55 bits per heavy atom. The Kier molecular flexibility index (Phi) is 3.48. The van der Waals surface area contributed by atoms with E-state index >= 15 is 0 Å². The Bertz CT molecular complexity index is 96.2. The van der Waals surface area contributed by atoms with Gasteiger partial charge in [0.05, 0.1) is 5.60 Å². The molecule has 0 aromatic carbocycles. The summed E-state index contributed by atoms with van der Waals surface area (Å²) >= 11 is 0. The van der Waals surface area contributed by atoms with Crippen LogP contribution in [0, 0.1) is 0 Å². The summed E-state index contributed by atoms with van der Waals surface area (Å²) < 4.78 is 0. The largest absolute Gasteiger partial charge is 0.390 e. The maximum absolute atomic E-state index is 9.29. The van der Waals surface area contributed by atoms with Crippen molar-refractivity contribution >= 4 is 0 Å². The van der Waals surface area contributed by atoms with E-state index in [0.29, 0.717) is 13.0 Å². The molecule has 0 saturated heterocycles. The number of rotatable bonds is 4. The summed E-state index contributed by atoms with van der Waals surface area (Å²) in [5.41, 5.74) is -1.50. The average Bonchev–Trinajstić information content (AvgIpc) is 1.55. The van der Waals surface area contributed by atoms with E-state index in [9.17, 15) is 10.2 Å². The van der Waals surface area contributed by atoms with E-state index < -0.39 is 11.3 Å². The standard InChI is InChI=1S/C8H19NO2/c1-7(2,10)5-6-9-8(3,4)11/h9-11H,5-6H2,1-4H3. The highest BCUT2D eigenvalue weighted by molar-refractivity contribution is 4.69. The van der Waals surface area contributed by atoms with Crippen LogP contribution < -0.4 is 5.32 Å². The Morgan fingerprint density at radius 3 is 1.82 bits per heavy atom. The smallest absolute Gasteiger partial charge is 0.110 e. The second kappa shape index (κ2) is 3.52. The van der Waals surface area contributed by atoms with Crippen LogP contribution in [0.3, 0.4) is 0 Å². The zero-order valence-corrected chi connectivity index (χ0v) is 7.81. The van der Waals surface area contributed by atoms with Crippen molar-refractivity contribution in [3.05, 3.63) is 0 Å². The van der Waals surface area contributed by atoms with E-state index in [4.69, 9.17) is 0 Å². The van der Waals surface area contributed by atoms with Crippen LogP contribution >= 0.6 is 0 Å². The summed E-state index contributed by atoms with van der Waals surface area (Å²) in [6.07, 6.45) is 0.636. The molecular weight excluding hydrogens is 142 g/mol. The summed E-state index contributed by atoms with van der Waals surface area (Å²) in [4.78, 5) is 0. The molecule has 0 saturated carbocycles. The second-order valence-corrected chi connectivity index (χ2v) is 4.05. The van der Waals surface area contributed by atoms with Gasteiger partial charge in [0.25, 0.3) is 0 Å². The van der Waals surface area contributed by atoms with E-state index in [-0.39, 0.29) is 0 Å². The molecule has 0 aliphatic rings. The summed E-state index contributed by atoms with van der Waals surface area (Å²) in [7, 11) is 0. The van der Waals surface area contributed by atoms with Crippen molar-refractivity contribution in [2.24, 2.45) is 0 Å². The van der Waals surface area contributed by atoms with Gasteiger partial charge in [0, 0.05) is 6.54 Å². The highest BCUT2D eigenvalue weighted by Gasteiger charge is 2.15. The van der Waals surface area contributed by atoms with Crippen LogP contribution in [0.1, 0.15) is 34.1 Å². The average molecular weight is 161 g/mol. The Balaban J connectivity index is 3.44. The maximum atomic E-state index is 9.29. The van der Waals surface area contributed by atoms with Gasteiger partial charge >= 0.3 is 0 Å². The second-order valence-electron chi connectivity index (χ2n) is 4.05. The van der Waals surface area contributed by atoms with Crippen molar-refractivity contribution in [2.75, 3.05) is 6.54 Å². The molecule has 0 spiro atoms. The van der Waals surface area contributed by atoms with Gasteiger partial charge in [0.15, 0.2) is 0 Å². The first-order chi connectivity index (χ1) is 4.71. The maximum Gasteiger partial charge on any atom is 0.110 e. The lowest BCUT2D eigenvalue weighted by atomic mass is 10.1. The summed E-state index contributed by atoms with van der Waals surface area (Å²) in [6.45, 7) is 7.47. The number of nitrogens with one attached hydrogen (secondary N) is 1. The van der Waals surface area contributed by atoms with Crippen LogP contribution in [0.5, 0.6) is 0 Å². The van der Waals surface area contributed by atoms with Crippen LogP contribution in [-0.2, 0) is 0 Å². The van der Waals surface area contributed by atoms with Gasteiger partial charge in [-0.25, -0.2) is 0 Å². The first-order valence-corrected chi connectivity index (χ1v) is 3.90. The van der Waals surface area contributed by atoms with Gasteiger partial charge in [-0.1, -0.05) is 0 Å². The molecule has 0 fully saturated rings. The minimum atomic E-state index is -0.842. The first-order valence-electron chi connectivity index (χ1n) is 3.90. The van der Waals surface area contributed by atoms with Gasteiger partial charge in [-0.15, -0.1) is 0 Å². The molecule has 0 aliphatic carbocycles. The van der Waals surface area contributed by atoms with E-state index in [1.165, 1.54) is 0 Å². The molecule has 0 aromatic rings. The van der Waals surface area contributed by atoms with Gasteiger partial charge in [0.1, 0.15) is 5.72 Å².